The lowest BCUT2D eigenvalue weighted by atomic mass is 9.90. The predicted molar refractivity (Wildman–Crippen MR) is 59.6 cm³/mol. The molecule has 0 saturated heterocycles. The lowest BCUT2D eigenvalue weighted by Gasteiger charge is -2.23. The fraction of sp³-hybridized carbons (Fsp3) is 0.600. The van der Waals surface area contributed by atoms with Crippen molar-refractivity contribution in [1.82, 2.24) is 9.97 Å². The van der Waals surface area contributed by atoms with Gasteiger partial charge in [0.25, 0.3) is 0 Å². The summed E-state index contributed by atoms with van der Waals surface area (Å²) in [5, 5.41) is 3.19. The third-order valence-corrected chi connectivity index (χ3v) is 2.25. The van der Waals surface area contributed by atoms with E-state index >= 15 is 0 Å². The second-order valence-corrected chi connectivity index (χ2v) is 4.41. The molecule has 1 N–H and O–H groups in total. The zero-order valence-corrected chi connectivity index (χ0v) is 9.38. The van der Waals surface area contributed by atoms with Gasteiger partial charge in [-0.05, 0) is 17.9 Å². The minimum Gasteiger partial charge on any atom is -0.354 e. The van der Waals surface area contributed by atoms with Crippen LogP contribution in [0.2, 0.25) is 0 Å². The molecule has 1 aromatic rings. The van der Waals surface area contributed by atoms with Crippen molar-refractivity contribution in [3.8, 4) is 0 Å². The summed E-state index contributed by atoms with van der Waals surface area (Å²) in [7, 11) is 0. The highest BCUT2D eigenvalue weighted by atomic mass is 35.5. The van der Waals surface area contributed by atoms with E-state index < -0.39 is 0 Å². The first-order valence-corrected chi connectivity index (χ1v) is 5.24. The second-order valence-electron chi connectivity index (χ2n) is 4.03. The Morgan fingerprint density at radius 1 is 1.36 bits per heavy atom. The van der Waals surface area contributed by atoms with Gasteiger partial charge in [-0.2, -0.15) is 0 Å². The Morgan fingerprint density at radius 3 is 2.57 bits per heavy atom. The maximum Gasteiger partial charge on any atom is 0.222 e. The fourth-order valence-electron chi connectivity index (χ4n) is 1.05. The van der Waals surface area contributed by atoms with Crippen LogP contribution in [0.3, 0.4) is 0 Å². The summed E-state index contributed by atoms with van der Waals surface area (Å²) in [4.78, 5) is 8.17. The van der Waals surface area contributed by atoms with Crippen molar-refractivity contribution in [3.05, 3.63) is 18.5 Å². The molecular formula is C10H16ClN3. The second kappa shape index (κ2) is 5.15. The molecule has 0 bridgehead atoms. The molecule has 0 aliphatic rings. The monoisotopic (exact) mass is 213 g/mol. The minimum absolute atomic E-state index is 0.181. The van der Waals surface area contributed by atoms with Gasteiger partial charge in [-0.3, -0.25) is 0 Å². The van der Waals surface area contributed by atoms with Crippen LogP contribution >= 0.6 is 11.6 Å². The first-order valence-electron chi connectivity index (χ1n) is 4.71. The number of halogens is 1. The normalized spacial score (nSPS) is 11.4. The Hall–Kier alpha value is -0.830. The Labute approximate surface area is 89.9 Å². The first kappa shape index (κ1) is 11.2. The van der Waals surface area contributed by atoms with Crippen molar-refractivity contribution < 1.29 is 0 Å². The van der Waals surface area contributed by atoms with Crippen LogP contribution in [0.5, 0.6) is 0 Å². The Balaban J connectivity index is 2.40. The Morgan fingerprint density at radius 2 is 2.00 bits per heavy atom. The molecule has 1 aromatic heterocycles. The van der Waals surface area contributed by atoms with Crippen molar-refractivity contribution in [2.24, 2.45) is 5.41 Å². The largest absolute Gasteiger partial charge is 0.354 e. The van der Waals surface area contributed by atoms with E-state index in [4.69, 9.17) is 11.6 Å². The van der Waals surface area contributed by atoms with Gasteiger partial charge in [0.15, 0.2) is 0 Å². The van der Waals surface area contributed by atoms with Crippen LogP contribution in [-0.2, 0) is 0 Å². The molecule has 0 radical (unpaired) electrons. The van der Waals surface area contributed by atoms with Gasteiger partial charge in [-0.1, -0.05) is 13.8 Å². The molecule has 0 fully saturated rings. The highest BCUT2D eigenvalue weighted by Gasteiger charge is 2.16. The molecule has 4 heteroatoms. The first-order chi connectivity index (χ1) is 6.64. The summed E-state index contributed by atoms with van der Waals surface area (Å²) < 4.78 is 0. The third kappa shape index (κ3) is 3.92. The summed E-state index contributed by atoms with van der Waals surface area (Å²) >= 11 is 5.71. The minimum atomic E-state index is 0.181. The van der Waals surface area contributed by atoms with E-state index in [9.17, 15) is 0 Å². The number of anilines is 1. The van der Waals surface area contributed by atoms with E-state index in [1.165, 1.54) is 0 Å². The average Bonchev–Trinajstić information content (AvgIpc) is 2.17. The predicted octanol–water partition coefficient (Wildman–Crippen LogP) is 2.54. The number of nitrogens with zero attached hydrogens (tertiary/aromatic N) is 2. The molecule has 0 aliphatic heterocycles. The molecule has 0 aromatic carbocycles. The lowest BCUT2D eigenvalue weighted by molar-refractivity contribution is 0.378. The van der Waals surface area contributed by atoms with E-state index in [0.717, 1.165) is 13.0 Å². The van der Waals surface area contributed by atoms with Crippen molar-refractivity contribution in [3.63, 3.8) is 0 Å². The van der Waals surface area contributed by atoms with Crippen LogP contribution < -0.4 is 5.32 Å². The smallest absolute Gasteiger partial charge is 0.222 e. The number of alkyl halides is 1. The SMILES string of the molecule is CC(C)(CCCl)CNc1ncccn1. The quantitative estimate of drug-likeness (QED) is 0.764. The zero-order chi connectivity index (χ0) is 10.4. The average molecular weight is 214 g/mol. The number of rotatable bonds is 5. The molecule has 78 valence electrons. The number of hydrogen-bond donors (Lipinski definition) is 1. The van der Waals surface area contributed by atoms with Crippen LogP contribution in [-0.4, -0.2) is 22.4 Å². The number of hydrogen-bond acceptors (Lipinski definition) is 3. The van der Waals surface area contributed by atoms with Gasteiger partial charge >= 0.3 is 0 Å². The zero-order valence-electron chi connectivity index (χ0n) is 8.63. The van der Waals surface area contributed by atoms with Crippen LogP contribution in [0.25, 0.3) is 0 Å². The van der Waals surface area contributed by atoms with Gasteiger partial charge in [-0.15, -0.1) is 11.6 Å². The molecule has 14 heavy (non-hydrogen) atoms. The summed E-state index contributed by atoms with van der Waals surface area (Å²) in [6.07, 6.45) is 4.43. The maximum atomic E-state index is 5.71. The Kier molecular flexibility index (Phi) is 4.14. The molecule has 3 nitrogen and oxygen atoms in total. The van der Waals surface area contributed by atoms with Gasteiger partial charge in [0.2, 0.25) is 5.95 Å². The van der Waals surface area contributed by atoms with Crippen molar-refractivity contribution >= 4 is 17.5 Å². The molecule has 0 unspecified atom stereocenters. The fourth-order valence-corrected chi connectivity index (χ4v) is 1.56. The van der Waals surface area contributed by atoms with Crippen molar-refractivity contribution in [1.29, 1.82) is 0 Å². The molecule has 1 heterocycles. The standard InChI is InChI=1S/C10H16ClN3/c1-10(2,4-5-11)8-14-9-12-6-3-7-13-9/h3,6-7H,4-5,8H2,1-2H3,(H,12,13,14). The van der Waals surface area contributed by atoms with Gasteiger partial charge in [0.05, 0.1) is 0 Å². The highest BCUT2D eigenvalue weighted by molar-refractivity contribution is 6.17. The summed E-state index contributed by atoms with van der Waals surface area (Å²) in [5.41, 5.74) is 0.181. The topological polar surface area (TPSA) is 37.8 Å². The molecule has 0 aliphatic carbocycles. The molecule has 0 atom stereocenters. The summed E-state index contributed by atoms with van der Waals surface area (Å²) in [6.45, 7) is 5.18. The van der Waals surface area contributed by atoms with Gasteiger partial charge in [0, 0.05) is 24.8 Å². The molecular weight excluding hydrogens is 198 g/mol. The van der Waals surface area contributed by atoms with Crippen LogP contribution in [0.4, 0.5) is 5.95 Å². The summed E-state index contributed by atoms with van der Waals surface area (Å²) in [5.74, 6) is 1.36. The molecule has 0 spiro atoms. The lowest BCUT2D eigenvalue weighted by Crippen LogP contribution is -2.24. The Bertz CT molecular complexity index is 261. The summed E-state index contributed by atoms with van der Waals surface area (Å²) in [6, 6.07) is 1.80. The van der Waals surface area contributed by atoms with Crippen molar-refractivity contribution in [2.45, 2.75) is 20.3 Å². The number of nitrogens with one attached hydrogen (secondary N) is 1. The maximum absolute atomic E-state index is 5.71. The van der Waals surface area contributed by atoms with E-state index in [-0.39, 0.29) is 5.41 Å². The van der Waals surface area contributed by atoms with Gasteiger partial charge in [-0.25, -0.2) is 9.97 Å². The van der Waals surface area contributed by atoms with Gasteiger partial charge in [0.1, 0.15) is 0 Å². The van der Waals surface area contributed by atoms with Crippen LogP contribution in [0, 0.1) is 5.41 Å². The van der Waals surface area contributed by atoms with Crippen LogP contribution in [0.15, 0.2) is 18.5 Å². The molecule has 1 rings (SSSR count). The highest BCUT2D eigenvalue weighted by Crippen LogP contribution is 2.20. The van der Waals surface area contributed by atoms with E-state index in [2.05, 4.69) is 29.1 Å². The molecule has 0 amide bonds. The van der Waals surface area contributed by atoms with Crippen molar-refractivity contribution in [2.75, 3.05) is 17.7 Å². The van der Waals surface area contributed by atoms with E-state index in [1.54, 1.807) is 18.5 Å². The number of aromatic nitrogens is 2. The third-order valence-electron chi connectivity index (χ3n) is 2.06. The van der Waals surface area contributed by atoms with E-state index in [1.807, 2.05) is 0 Å². The van der Waals surface area contributed by atoms with Gasteiger partial charge < -0.3 is 5.32 Å². The van der Waals surface area contributed by atoms with Crippen LogP contribution in [0.1, 0.15) is 20.3 Å². The molecule has 0 saturated carbocycles. The van der Waals surface area contributed by atoms with E-state index in [0.29, 0.717) is 11.8 Å².